The second-order valence-electron chi connectivity index (χ2n) is 2.79. The molecule has 0 aliphatic rings. The molecule has 0 fully saturated rings. The summed E-state index contributed by atoms with van der Waals surface area (Å²) in [4.78, 5) is 0. The highest BCUT2D eigenvalue weighted by molar-refractivity contribution is 8.55. The van der Waals surface area contributed by atoms with Gasteiger partial charge in [-0.05, 0) is 30.4 Å². The minimum absolute atomic E-state index is 0.347. The molecule has 16 heavy (non-hydrogen) atoms. The van der Waals surface area contributed by atoms with Crippen molar-refractivity contribution in [1.82, 2.24) is 0 Å². The van der Waals surface area contributed by atoms with E-state index in [0.29, 0.717) is 24.0 Å². The molecule has 1 rings (SSSR count). The second-order valence-corrected chi connectivity index (χ2v) is 7.29. The molecule has 1 aromatic rings. The standard InChI is InChI=1S/C10H14ClO3PS/c1-2-13-15(12,16-9-8-11)14-10-6-4-3-5-7-10/h3-7H,2,8-9H2,1H3. The summed E-state index contributed by atoms with van der Waals surface area (Å²) in [7, 11) is 0. The Labute approximate surface area is 105 Å². The zero-order valence-electron chi connectivity index (χ0n) is 8.97. The van der Waals surface area contributed by atoms with E-state index in [1.165, 1.54) is 0 Å². The van der Waals surface area contributed by atoms with Gasteiger partial charge in [0.2, 0.25) is 0 Å². The molecule has 6 heteroatoms. The fourth-order valence-electron chi connectivity index (χ4n) is 1.00. The van der Waals surface area contributed by atoms with Crippen LogP contribution in [0.15, 0.2) is 30.3 Å². The molecule has 0 amide bonds. The van der Waals surface area contributed by atoms with Crippen molar-refractivity contribution >= 4 is 29.8 Å². The number of benzene rings is 1. The van der Waals surface area contributed by atoms with Gasteiger partial charge in [-0.3, -0.25) is 4.52 Å². The summed E-state index contributed by atoms with van der Waals surface area (Å²) in [5.74, 6) is 1.49. The van der Waals surface area contributed by atoms with E-state index >= 15 is 0 Å². The lowest BCUT2D eigenvalue weighted by atomic mass is 10.3. The minimum atomic E-state index is -3.13. The van der Waals surface area contributed by atoms with Gasteiger partial charge in [-0.1, -0.05) is 18.2 Å². The summed E-state index contributed by atoms with van der Waals surface area (Å²) in [5.41, 5.74) is 0. The van der Waals surface area contributed by atoms with E-state index in [4.69, 9.17) is 20.6 Å². The van der Waals surface area contributed by atoms with Crippen LogP contribution in [0, 0.1) is 0 Å². The zero-order chi connectivity index (χ0) is 11.9. The van der Waals surface area contributed by atoms with Gasteiger partial charge in [0.15, 0.2) is 0 Å². The second kappa shape index (κ2) is 7.23. The third-order valence-corrected chi connectivity index (χ3v) is 5.74. The van der Waals surface area contributed by atoms with E-state index in [0.717, 1.165) is 11.4 Å². The Morgan fingerprint density at radius 2 is 2.06 bits per heavy atom. The maximum Gasteiger partial charge on any atom is 0.440 e. The van der Waals surface area contributed by atoms with Crippen molar-refractivity contribution in [2.75, 3.05) is 18.2 Å². The third kappa shape index (κ3) is 4.79. The van der Waals surface area contributed by atoms with Crippen LogP contribution in [0.3, 0.4) is 0 Å². The SMILES string of the molecule is CCOP(=O)(Oc1ccccc1)SCCCl. The van der Waals surface area contributed by atoms with Gasteiger partial charge in [-0.15, -0.1) is 11.6 Å². The van der Waals surface area contributed by atoms with Crippen LogP contribution in [0.4, 0.5) is 0 Å². The molecule has 0 bridgehead atoms. The molecule has 1 unspecified atom stereocenters. The molecule has 0 heterocycles. The van der Waals surface area contributed by atoms with Crippen LogP contribution >= 0.6 is 29.8 Å². The van der Waals surface area contributed by atoms with Gasteiger partial charge in [-0.2, -0.15) is 0 Å². The number of rotatable bonds is 7. The van der Waals surface area contributed by atoms with E-state index < -0.39 is 6.80 Å². The lowest BCUT2D eigenvalue weighted by Gasteiger charge is -2.16. The number of hydrogen-bond donors (Lipinski definition) is 0. The molecular weight excluding hydrogens is 267 g/mol. The summed E-state index contributed by atoms with van der Waals surface area (Å²) in [6, 6.07) is 8.99. The maximum atomic E-state index is 12.2. The number of para-hydroxylation sites is 1. The Morgan fingerprint density at radius 3 is 2.62 bits per heavy atom. The number of halogens is 1. The van der Waals surface area contributed by atoms with Gasteiger partial charge in [0.1, 0.15) is 5.75 Å². The van der Waals surface area contributed by atoms with Gasteiger partial charge in [-0.25, -0.2) is 4.57 Å². The van der Waals surface area contributed by atoms with Crippen molar-refractivity contribution in [3.05, 3.63) is 30.3 Å². The minimum Gasteiger partial charge on any atom is -0.417 e. The summed E-state index contributed by atoms with van der Waals surface area (Å²) >= 11 is 6.68. The predicted octanol–water partition coefficient (Wildman–Crippen LogP) is 4.18. The Kier molecular flexibility index (Phi) is 6.29. The van der Waals surface area contributed by atoms with E-state index in [-0.39, 0.29) is 0 Å². The fraction of sp³-hybridized carbons (Fsp3) is 0.400. The van der Waals surface area contributed by atoms with Crippen LogP contribution in [0.25, 0.3) is 0 Å². The average Bonchev–Trinajstić information content (AvgIpc) is 2.28. The largest absolute Gasteiger partial charge is 0.440 e. The summed E-state index contributed by atoms with van der Waals surface area (Å²) in [6.45, 7) is -0.999. The van der Waals surface area contributed by atoms with E-state index in [9.17, 15) is 4.57 Å². The van der Waals surface area contributed by atoms with Crippen LogP contribution in [-0.4, -0.2) is 18.2 Å². The fourth-order valence-corrected chi connectivity index (χ4v) is 4.63. The Hall–Kier alpha value is -0.150. The molecule has 0 N–H and O–H groups in total. The predicted molar refractivity (Wildman–Crippen MR) is 69.5 cm³/mol. The van der Waals surface area contributed by atoms with Gasteiger partial charge < -0.3 is 4.52 Å². The highest BCUT2D eigenvalue weighted by Gasteiger charge is 2.26. The van der Waals surface area contributed by atoms with Gasteiger partial charge >= 0.3 is 6.80 Å². The molecular formula is C10H14ClO3PS. The summed E-state index contributed by atoms with van der Waals surface area (Å²) < 4.78 is 22.8. The average molecular weight is 281 g/mol. The molecule has 0 aromatic heterocycles. The molecule has 0 saturated heterocycles. The summed E-state index contributed by atoms with van der Waals surface area (Å²) in [6.07, 6.45) is 0. The molecule has 1 aromatic carbocycles. The normalized spacial score (nSPS) is 14.4. The maximum absolute atomic E-state index is 12.2. The molecule has 0 saturated carbocycles. The highest BCUT2D eigenvalue weighted by Crippen LogP contribution is 2.59. The van der Waals surface area contributed by atoms with Crippen LogP contribution in [-0.2, 0) is 9.09 Å². The highest BCUT2D eigenvalue weighted by atomic mass is 35.5. The van der Waals surface area contributed by atoms with Crippen molar-refractivity contribution in [3.8, 4) is 5.75 Å². The summed E-state index contributed by atoms with van der Waals surface area (Å²) in [5, 5.41) is 0. The molecule has 3 nitrogen and oxygen atoms in total. The van der Waals surface area contributed by atoms with Crippen molar-refractivity contribution in [2.24, 2.45) is 0 Å². The van der Waals surface area contributed by atoms with E-state index in [2.05, 4.69) is 0 Å². The van der Waals surface area contributed by atoms with Crippen LogP contribution in [0.5, 0.6) is 5.75 Å². The van der Waals surface area contributed by atoms with Crippen molar-refractivity contribution in [3.63, 3.8) is 0 Å². The first-order valence-corrected chi connectivity index (χ1v) is 8.56. The van der Waals surface area contributed by atoms with Gasteiger partial charge in [0.25, 0.3) is 0 Å². The third-order valence-electron chi connectivity index (χ3n) is 1.57. The quantitative estimate of drug-likeness (QED) is 0.554. The molecule has 90 valence electrons. The van der Waals surface area contributed by atoms with Crippen molar-refractivity contribution < 1.29 is 13.6 Å². The lowest BCUT2D eigenvalue weighted by molar-refractivity contribution is 0.296. The van der Waals surface area contributed by atoms with Crippen LogP contribution in [0.2, 0.25) is 0 Å². The first-order chi connectivity index (χ1) is 7.70. The molecule has 0 aliphatic carbocycles. The number of hydrogen-bond acceptors (Lipinski definition) is 4. The first-order valence-electron chi connectivity index (χ1n) is 4.90. The molecule has 1 atom stereocenters. The topological polar surface area (TPSA) is 35.5 Å². The Bertz CT molecular complexity index is 347. The molecule has 0 radical (unpaired) electrons. The number of alkyl halides is 1. The van der Waals surface area contributed by atoms with Gasteiger partial charge in [0.05, 0.1) is 6.61 Å². The smallest absolute Gasteiger partial charge is 0.417 e. The molecule has 0 aliphatic heterocycles. The monoisotopic (exact) mass is 280 g/mol. The lowest BCUT2D eigenvalue weighted by Crippen LogP contribution is -1.96. The Morgan fingerprint density at radius 1 is 1.38 bits per heavy atom. The molecule has 0 spiro atoms. The van der Waals surface area contributed by atoms with Crippen LogP contribution < -0.4 is 4.52 Å². The zero-order valence-corrected chi connectivity index (χ0v) is 11.4. The first kappa shape index (κ1) is 13.9. The Balaban J connectivity index is 2.67. The van der Waals surface area contributed by atoms with Gasteiger partial charge in [0, 0.05) is 11.6 Å². The van der Waals surface area contributed by atoms with Crippen LogP contribution in [0.1, 0.15) is 6.92 Å². The van der Waals surface area contributed by atoms with Crippen molar-refractivity contribution in [2.45, 2.75) is 6.92 Å². The van der Waals surface area contributed by atoms with E-state index in [1.807, 2.05) is 18.2 Å². The van der Waals surface area contributed by atoms with Crippen molar-refractivity contribution in [1.29, 1.82) is 0 Å². The van der Waals surface area contributed by atoms with E-state index in [1.54, 1.807) is 19.1 Å².